The number of ether oxygens (including phenoxy) is 2. The third kappa shape index (κ3) is 3.05. The Morgan fingerprint density at radius 1 is 1.28 bits per heavy atom. The second kappa shape index (κ2) is 7.37. The van der Waals surface area contributed by atoms with E-state index in [4.69, 9.17) is 21.1 Å². The van der Waals surface area contributed by atoms with Gasteiger partial charge in [0, 0.05) is 28.9 Å². The molecule has 3 N–H and O–H groups in total. The maximum atomic E-state index is 13.9. The normalized spacial score (nSPS) is 26.4. The van der Waals surface area contributed by atoms with Crippen LogP contribution in [0.5, 0.6) is 5.75 Å². The van der Waals surface area contributed by atoms with Gasteiger partial charge >= 0.3 is 6.09 Å². The number of amides is 2. The molecule has 0 bridgehead atoms. The average molecular weight is 461 g/mol. The molecular weight excluding hydrogens is 436 g/mol. The minimum Gasteiger partial charge on any atom is -0.478 e. The molecule has 8 nitrogen and oxygen atoms in total. The highest BCUT2D eigenvalue weighted by Gasteiger charge is 2.71. The van der Waals surface area contributed by atoms with Crippen LogP contribution in [0.2, 0.25) is 5.02 Å². The van der Waals surface area contributed by atoms with Gasteiger partial charge in [-0.1, -0.05) is 29.8 Å². The summed E-state index contributed by atoms with van der Waals surface area (Å²) in [5.74, 6) is -0.313. The van der Waals surface area contributed by atoms with Gasteiger partial charge in [0.25, 0.3) is 5.91 Å². The number of aliphatic hydroxyl groups is 2. The Balaban J connectivity index is 1.97. The van der Waals surface area contributed by atoms with Gasteiger partial charge in [-0.3, -0.25) is 10.1 Å². The highest BCUT2D eigenvalue weighted by atomic mass is 35.5. The zero-order chi connectivity index (χ0) is 23.5. The van der Waals surface area contributed by atoms with E-state index in [2.05, 4.69) is 5.32 Å². The van der Waals surface area contributed by atoms with Crippen LogP contribution in [-0.4, -0.2) is 47.1 Å². The van der Waals surface area contributed by atoms with Crippen molar-refractivity contribution in [3.8, 4) is 5.75 Å². The fourth-order valence-corrected chi connectivity index (χ4v) is 4.66. The van der Waals surface area contributed by atoms with E-state index >= 15 is 0 Å². The molecule has 0 aliphatic carbocycles. The predicted octanol–water partition coefficient (Wildman–Crippen LogP) is 2.89. The number of nitrogens with one attached hydrogen (secondary N) is 1. The summed E-state index contributed by atoms with van der Waals surface area (Å²) < 4.78 is 11.6. The molecule has 0 spiro atoms. The van der Waals surface area contributed by atoms with E-state index in [0.29, 0.717) is 22.0 Å². The fourth-order valence-electron chi connectivity index (χ4n) is 4.49. The lowest BCUT2D eigenvalue weighted by Crippen LogP contribution is -2.71. The largest absolute Gasteiger partial charge is 0.478 e. The molecule has 32 heavy (non-hydrogen) atoms. The number of benzene rings is 2. The smallest absolute Gasteiger partial charge is 0.408 e. The Morgan fingerprint density at radius 3 is 2.59 bits per heavy atom. The van der Waals surface area contributed by atoms with E-state index in [1.54, 1.807) is 57.2 Å². The van der Waals surface area contributed by atoms with Crippen molar-refractivity contribution in [3.63, 3.8) is 0 Å². The van der Waals surface area contributed by atoms with Crippen LogP contribution in [0.4, 0.5) is 10.5 Å². The number of anilines is 1. The van der Waals surface area contributed by atoms with Crippen LogP contribution in [0.15, 0.2) is 42.5 Å². The Labute approximate surface area is 190 Å². The molecule has 0 saturated carbocycles. The maximum absolute atomic E-state index is 13.9. The minimum absolute atomic E-state index is 0.282. The number of alkyl carbamates (subject to hydrolysis) is 1. The molecule has 2 aromatic carbocycles. The van der Waals surface area contributed by atoms with Crippen molar-refractivity contribution in [2.75, 3.05) is 18.6 Å². The summed E-state index contributed by atoms with van der Waals surface area (Å²) in [5, 5.41) is 25.0. The van der Waals surface area contributed by atoms with E-state index in [0.717, 1.165) is 0 Å². The van der Waals surface area contributed by atoms with E-state index in [1.807, 2.05) is 0 Å². The van der Waals surface area contributed by atoms with E-state index in [1.165, 1.54) is 18.0 Å². The predicted molar refractivity (Wildman–Crippen MR) is 118 cm³/mol. The molecule has 4 rings (SSSR count). The average Bonchev–Trinajstić information content (AvgIpc) is 3.12. The monoisotopic (exact) mass is 460 g/mol. The Bertz CT molecular complexity index is 1100. The van der Waals surface area contributed by atoms with E-state index in [-0.39, 0.29) is 5.56 Å². The first-order valence-corrected chi connectivity index (χ1v) is 10.5. The number of hydrogen-bond donors (Lipinski definition) is 3. The molecule has 0 aromatic heterocycles. The molecule has 2 heterocycles. The highest BCUT2D eigenvalue weighted by molar-refractivity contribution is 6.31. The molecule has 2 aromatic rings. The first-order valence-electron chi connectivity index (χ1n) is 10.1. The summed E-state index contributed by atoms with van der Waals surface area (Å²) in [5.41, 5.74) is -3.75. The molecule has 3 atom stereocenters. The number of carbonyl (C=O) groups excluding carboxylic acids is 2. The summed E-state index contributed by atoms with van der Waals surface area (Å²) in [6, 6.07) is 11.4. The number of aliphatic hydroxyl groups excluding tert-OH is 2. The van der Waals surface area contributed by atoms with Crippen LogP contribution in [0.25, 0.3) is 0 Å². The lowest BCUT2D eigenvalue weighted by Gasteiger charge is -2.45. The van der Waals surface area contributed by atoms with Gasteiger partial charge < -0.3 is 24.6 Å². The Hall–Kier alpha value is -2.81. The van der Waals surface area contributed by atoms with Gasteiger partial charge in [-0.25, -0.2) is 4.79 Å². The molecule has 0 unspecified atom stereocenters. The zero-order valence-corrected chi connectivity index (χ0v) is 18.9. The summed E-state index contributed by atoms with van der Waals surface area (Å²) in [6.45, 7) is 4.27. The maximum Gasteiger partial charge on any atom is 0.408 e. The number of nitrogens with zero attached hydrogens (tertiary/aromatic N) is 1. The molecule has 0 radical (unpaired) electrons. The number of likely N-dealkylation sites (N-methyl/N-ethyl adjacent to an activating group) is 1. The van der Waals surface area contributed by atoms with E-state index < -0.39 is 41.5 Å². The molecule has 0 fully saturated rings. The molecule has 2 aliphatic heterocycles. The van der Waals surface area contributed by atoms with Crippen LogP contribution in [0.1, 0.15) is 38.0 Å². The standard InChI is InChI=1S/C23H25ClN2O6/c1-21(2,3)32-20(30)25-23(15-11-13(24)9-10-16(15)26(4)19(23)29)22(12-27)18(28)14-7-5-6-8-17(14)31-22/h5-11,18,27-28H,12H2,1-4H3,(H,25,30)/t18-,22+,23+/m1/s1. The summed E-state index contributed by atoms with van der Waals surface area (Å²) >= 11 is 6.27. The van der Waals surface area contributed by atoms with Crippen LogP contribution < -0.4 is 15.0 Å². The molecule has 9 heteroatoms. The molecule has 170 valence electrons. The van der Waals surface area contributed by atoms with Crippen molar-refractivity contribution in [1.82, 2.24) is 5.32 Å². The lowest BCUT2D eigenvalue weighted by molar-refractivity contribution is -0.153. The van der Waals surface area contributed by atoms with Crippen LogP contribution in [0.3, 0.4) is 0 Å². The van der Waals surface area contributed by atoms with Gasteiger partial charge in [-0.15, -0.1) is 0 Å². The number of carbonyl (C=O) groups is 2. The SMILES string of the molecule is CN1C(=O)[C@](NC(=O)OC(C)(C)C)([C@@]2(CO)Oc3ccccc3[C@H]2O)c2cc(Cl)ccc21. The van der Waals surface area contributed by atoms with Gasteiger partial charge in [0.05, 0.1) is 6.61 Å². The van der Waals surface area contributed by atoms with Crippen molar-refractivity contribution >= 4 is 29.3 Å². The van der Waals surface area contributed by atoms with Crippen molar-refractivity contribution < 1.29 is 29.3 Å². The van der Waals surface area contributed by atoms with Crippen LogP contribution in [0, 0.1) is 0 Å². The van der Waals surface area contributed by atoms with Crippen LogP contribution >= 0.6 is 11.6 Å². The summed E-state index contributed by atoms with van der Waals surface area (Å²) in [6.07, 6.45) is -2.35. The highest BCUT2D eigenvalue weighted by Crippen LogP contribution is 2.56. The van der Waals surface area contributed by atoms with Gasteiger partial charge in [-0.05, 0) is 45.0 Å². The number of rotatable bonds is 3. The first-order chi connectivity index (χ1) is 15.0. The van der Waals surface area contributed by atoms with Crippen molar-refractivity contribution in [3.05, 3.63) is 58.6 Å². The number of fused-ring (bicyclic) bond motifs is 2. The Morgan fingerprint density at radius 2 is 1.97 bits per heavy atom. The second-order valence-electron chi connectivity index (χ2n) is 8.99. The summed E-state index contributed by atoms with van der Waals surface area (Å²) in [7, 11) is 1.53. The molecule has 2 amide bonds. The fraction of sp³-hybridized carbons (Fsp3) is 0.391. The molecule has 2 aliphatic rings. The number of hydrogen-bond acceptors (Lipinski definition) is 6. The van der Waals surface area contributed by atoms with Gasteiger partial charge in [0.1, 0.15) is 17.5 Å². The third-order valence-corrected chi connectivity index (χ3v) is 6.09. The zero-order valence-electron chi connectivity index (χ0n) is 18.2. The minimum atomic E-state index is -2.03. The third-order valence-electron chi connectivity index (χ3n) is 5.85. The van der Waals surface area contributed by atoms with Crippen molar-refractivity contribution in [2.45, 2.75) is 43.6 Å². The van der Waals surface area contributed by atoms with Gasteiger partial charge in [-0.2, -0.15) is 0 Å². The number of halogens is 1. The number of para-hydroxylation sites is 1. The quantitative estimate of drug-likeness (QED) is 0.650. The lowest BCUT2D eigenvalue weighted by atomic mass is 9.71. The topological polar surface area (TPSA) is 108 Å². The second-order valence-corrected chi connectivity index (χ2v) is 9.43. The van der Waals surface area contributed by atoms with Crippen molar-refractivity contribution in [2.24, 2.45) is 0 Å². The first kappa shape index (κ1) is 22.4. The van der Waals surface area contributed by atoms with Gasteiger partial charge in [0.15, 0.2) is 11.1 Å². The van der Waals surface area contributed by atoms with Crippen molar-refractivity contribution in [1.29, 1.82) is 0 Å². The molecule has 0 saturated heterocycles. The summed E-state index contributed by atoms with van der Waals surface area (Å²) in [4.78, 5) is 28.2. The van der Waals surface area contributed by atoms with Gasteiger partial charge in [0.2, 0.25) is 0 Å². The van der Waals surface area contributed by atoms with E-state index in [9.17, 15) is 19.8 Å². The Kier molecular flexibility index (Phi) is 5.15. The van der Waals surface area contributed by atoms with Crippen LogP contribution in [-0.2, 0) is 15.1 Å². The molecular formula is C23H25ClN2O6.